The molecule has 1 fully saturated rings. The molecule has 124 valence electrons. The van der Waals surface area contributed by atoms with Crippen LogP contribution in [0.3, 0.4) is 0 Å². The first-order valence-corrected chi connectivity index (χ1v) is 8.64. The number of rotatable bonds is 2. The Morgan fingerprint density at radius 2 is 2.00 bits per heavy atom. The first-order valence-electron chi connectivity index (χ1n) is 8.64. The van der Waals surface area contributed by atoms with Gasteiger partial charge in [0.15, 0.2) is 0 Å². The van der Waals surface area contributed by atoms with Crippen molar-refractivity contribution < 1.29 is 9.90 Å². The third-order valence-electron chi connectivity index (χ3n) is 5.75. The maximum atomic E-state index is 11.7. The Labute approximate surface area is 142 Å². The predicted octanol–water partition coefficient (Wildman–Crippen LogP) is 2.55. The van der Waals surface area contributed by atoms with Crippen LogP contribution in [-0.4, -0.2) is 40.6 Å². The van der Waals surface area contributed by atoms with Crippen molar-refractivity contribution >= 4 is 5.91 Å². The molecule has 1 amide bonds. The molecule has 1 aromatic carbocycles. The number of aliphatic hydroxyl groups is 1. The molecule has 1 spiro atoms. The van der Waals surface area contributed by atoms with Crippen LogP contribution in [0.25, 0.3) is 11.1 Å². The number of hydrogen-bond donors (Lipinski definition) is 1. The molecule has 0 saturated carbocycles. The van der Waals surface area contributed by atoms with Crippen LogP contribution in [-0.2, 0) is 16.6 Å². The fourth-order valence-corrected chi connectivity index (χ4v) is 4.34. The SMILES string of the molecule is O=C(CO)N1CCC2(CCc3cc(-c4cccnc4)ccc32)CC1. The molecule has 1 aliphatic heterocycles. The van der Waals surface area contributed by atoms with E-state index in [1.54, 1.807) is 11.1 Å². The van der Waals surface area contributed by atoms with Gasteiger partial charge in [-0.3, -0.25) is 9.78 Å². The Kier molecular flexibility index (Phi) is 3.85. The summed E-state index contributed by atoms with van der Waals surface area (Å²) in [6, 6.07) is 10.9. The maximum absolute atomic E-state index is 11.7. The van der Waals surface area contributed by atoms with Gasteiger partial charge in [-0.2, -0.15) is 0 Å². The molecular formula is C20H22N2O2. The average Bonchev–Trinajstić information content (AvgIpc) is 3.00. The number of pyridine rings is 1. The highest BCUT2D eigenvalue weighted by atomic mass is 16.3. The van der Waals surface area contributed by atoms with E-state index in [0.717, 1.165) is 37.9 Å². The Bertz CT molecular complexity index is 749. The molecule has 2 heterocycles. The van der Waals surface area contributed by atoms with Crippen LogP contribution >= 0.6 is 0 Å². The number of piperidine rings is 1. The predicted molar refractivity (Wildman–Crippen MR) is 92.6 cm³/mol. The zero-order chi connectivity index (χ0) is 16.6. The second-order valence-electron chi connectivity index (χ2n) is 6.93. The van der Waals surface area contributed by atoms with Crippen molar-refractivity contribution in [2.75, 3.05) is 19.7 Å². The lowest BCUT2D eigenvalue weighted by Gasteiger charge is -2.40. The second kappa shape index (κ2) is 6.02. The third-order valence-corrected chi connectivity index (χ3v) is 5.75. The summed E-state index contributed by atoms with van der Waals surface area (Å²) in [5.41, 5.74) is 5.51. The van der Waals surface area contributed by atoms with E-state index < -0.39 is 0 Å². The number of aromatic nitrogens is 1. The van der Waals surface area contributed by atoms with Gasteiger partial charge in [0.2, 0.25) is 5.91 Å². The summed E-state index contributed by atoms with van der Waals surface area (Å²) in [5, 5.41) is 9.04. The van der Waals surface area contributed by atoms with Gasteiger partial charge in [0.05, 0.1) is 0 Å². The van der Waals surface area contributed by atoms with Gasteiger partial charge in [-0.25, -0.2) is 0 Å². The molecule has 0 atom stereocenters. The molecule has 0 unspecified atom stereocenters. The highest BCUT2D eigenvalue weighted by Gasteiger charge is 2.41. The molecule has 4 nitrogen and oxygen atoms in total. The summed E-state index contributed by atoms with van der Waals surface area (Å²) in [7, 11) is 0. The molecular weight excluding hydrogens is 300 g/mol. The highest BCUT2D eigenvalue weighted by molar-refractivity contribution is 5.77. The van der Waals surface area contributed by atoms with Crippen LogP contribution in [0.4, 0.5) is 0 Å². The van der Waals surface area contributed by atoms with Crippen molar-refractivity contribution in [3.63, 3.8) is 0 Å². The summed E-state index contributed by atoms with van der Waals surface area (Å²) >= 11 is 0. The molecule has 1 aliphatic carbocycles. The second-order valence-corrected chi connectivity index (χ2v) is 6.93. The van der Waals surface area contributed by atoms with E-state index in [1.165, 1.54) is 23.1 Å². The summed E-state index contributed by atoms with van der Waals surface area (Å²) in [4.78, 5) is 17.7. The van der Waals surface area contributed by atoms with Crippen LogP contribution < -0.4 is 0 Å². The van der Waals surface area contributed by atoms with E-state index in [-0.39, 0.29) is 17.9 Å². The van der Waals surface area contributed by atoms with Gasteiger partial charge in [0.1, 0.15) is 6.61 Å². The molecule has 1 aromatic heterocycles. The number of aliphatic hydroxyl groups excluding tert-OH is 1. The number of amides is 1. The van der Waals surface area contributed by atoms with Gasteiger partial charge in [-0.1, -0.05) is 24.3 Å². The molecule has 1 N–H and O–H groups in total. The van der Waals surface area contributed by atoms with Gasteiger partial charge < -0.3 is 10.0 Å². The largest absolute Gasteiger partial charge is 0.387 e. The molecule has 24 heavy (non-hydrogen) atoms. The lowest BCUT2D eigenvalue weighted by atomic mass is 9.73. The summed E-state index contributed by atoms with van der Waals surface area (Å²) in [6.45, 7) is 1.13. The highest BCUT2D eigenvalue weighted by Crippen LogP contribution is 2.47. The number of aryl methyl sites for hydroxylation is 1. The number of likely N-dealkylation sites (tertiary alicyclic amines) is 1. The van der Waals surface area contributed by atoms with E-state index in [4.69, 9.17) is 5.11 Å². The summed E-state index contributed by atoms with van der Waals surface area (Å²) < 4.78 is 0. The van der Waals surface area contributed by atoms with Gasteiger partial charge in [-0.05, 0) is 59.4 Å². The van der Waals surface area contributed by atoms with Gasteiger partial charge in [0, 0.05) is 25.5 Å². The van der Waals surface area contributed by atoms with Crippen LogP contribution in [0, 0.1) is 0 Å². The van der Waals surface area contributed by atoms with Gasteiger partial charge in [0.25, 0.3) is 0 Å². The smallest absolute Gasteiger partial charge is 0.248 e. The van der Waals surface area contributed by atoms with E-state index in [0.29, 0.717) is 0 Å². The van der Waals surface area contributed by atoms with Gasteiger partial charge >= 0.3 is 0 Å². The average molecular weight is 322 g/mol. The zero-order valence-electron chi connectivity index (χ0n) is 13.7. The van der Waals surface area contributed by atoms with Crippen molar-refractivity contribution in [2.45, 2.75) is 31.1 Å². The van der Waals surface area contributed by atoms with Crippen molar-refractivity contribution in [2.24, 2.45) is 0 Å². The number of carbonyl (C=O) groups is 1. The zero-order valence-corrected chi connectivity index (χ0v) is 13.7. The Hall–Kier alpha value is -2.20. The van der Waals surface area contributed by atoms with Crippen molar-refractivity contribution in [1.29, 1.82) is 0 Å². The van der Waals surface area contributed by atoms with E-state index in [2.05, 4.69) is 29.2 Å². The van der Waals surface area contributed by atoms with Crippen molar-refractivity contribution in [3.05, 3.63) is 53.9 Å². The number of carbonyl (C=O) groups excluding carboxylic acids is 1. The minimum Gasteiger partial charge on any atom is -0.387 e. The van der Waals surface area contributed by atoms with Crippen LogP contribution in [0.15, 0.2) is 42.7 Å². The Balaban J connectivity index is 1.58. The standard InChI is InChI=1S/C20H22N2O2/c23-14-19(24)22-10-7-20(8-11-22)6-5-16-12-15(3-4-18(16)20)17-2-1-9-21-13-17/h1-4,9,12-13,23H,5-8,10-11,14H2. The number of nitrogens with zero attached hydrogens (tertiary/aromatic N) is 2. The normalized spacial score (nSPS) is 18.6. The molecule has 0 radical (unpaired) electrons. The fraction of sp³-hybridized carbons (Fsp3) is 0.400. The quantitative estimate of drug-likeness (QED) is 0.924. The summed E-state index contributed by atoms with van der Waals surface area (Å²) in [6.07, 6.45) is 7.98. The molecule has 4 heteroatoms. The number of benzene rings is 1. The molecule has 1 saturated heterocycles. The number of fused-ring (bicyclic) bond motifs is 2. The lowest BCUT2D eigenvalue weighted by molar-refractivity contribution is -0.135. The molecule has 0 bridgehead atoms. The third kappa shape index (κ3) is 2.51. The van der Waals surface area contributed by atoms with Crippen molar-refractivity contribution in [3.8, 4) is 11.1 Å². The monoisotopic (exact) mass is 322 g/mol. The minimum atomic E-state index is -0.377. The first kappa shape index (κ1) is 15.3. The van der Waals surface area contributed by atoms with Gasteiger partial charge in [-0.15, -0.1) is 0 Å². The lowest BCUT2D eigenvalue weighted by Crippen LogP contribution is -2.45. The Morgan fingerprint density at radius 1 is 1.17 bits per heavy atom. The van der Waals surface area contributed by atoms with E-state index in [1.807, 2.05) is 12.3 Å². The first-order chi connectivity index (χ1) is 11.7. The van der Waals surface area contributed by atoms with E-state index in [9.17, 15) is 4.79 Å². The van der Waals surface area contributed by atoms with Crippen LogP contribution in [0.2, 0.25) is 0 Å². The minimum absolute atomic E-state index is 0.144. The maximum Gasteiger partial charge on any atom is 0.248 e. The molecule has 2 aliphatic rings. The number of hydrogen-bond acceptors (Lipinski definition) is 3. The van der Waals surface area contributed by atoms with E-state index >= 15 is 0 Å². The van der Waals surface area contributed by atoms with Crippen molar-refractivity contribution in [1.82, 2.24) is 9.88 Å². The Morgan fingerprint density at radius 3 is 2.71 bits per heavy atom. The topological polar surface area (TPSA) is 53.4 Å². The molecule has 4 rings (SSSR count). The molecule has 2 aromatic rings. The van der Waals surface area contributed by atoms with Crippen LogP contribution in [0.5, 0.6) is 0 Å². The fourth-order valence-electron chi connectivity index (χ4n) is 4.34. The summed E-state index contributed by atoms with van der Waals surface area (Å²) in [5.74, 6) is -0.144. The van der Waals surface area contributed by atoms with Crippen LogP contribution in [0.1, 0.15) is 30.4 Å².